The highest BCUT2D eigenvalue weighted by Gasteiger charge is 2.06. The number of nitrogens with zero attached hydrogens (tertiary/aromatic N) is 3. The molecule has 0 aliphatic rings. The van der Waals surface area contributed by atoms with Gasteiger partial charge in [0.05, 0.1) is 19.3 Å². The molecule has 0 aromatic heterocycles. The first kappa shape index (κ1) is 19.2. The van der Waals surface area contributed by atoms with E-state index in [0.717, 1.165) is 13.0 Å². The summed E-state index contributed by atoms with van der Waals surface area (Å²) in [6.07, 6.45) is 10.3. The predicted octanol–water partition coefficient (Wildman–Crippen LogP) is 4.86. The molecule has 0 N–H and O–H groups in total. The lowest BCUT2D eigenvalue weighted by molar-refractivity contribution is -0.00725. The van der Waals surface area contributed by atoms with E-state index in [1.165, 1.54) is 44.9 Å². The maximum Gasteiger partial charge on any atom is 0.0864 e. The Kier molecular flexibility index (Phi) is 15.7. The van der Waals surface area contributed by atoms with Gasteiger partial charge in [0.1, 0.15) is 0 Å². The first-order valence-corrected chi connectivity index (χ1v) is 8.05. The highest BCUT2D eigenvalue weighted by molar-refractivity contribution is 4.61. The third-order valence-electron chi connectivity index (χ3n) is 3.20. The monoisotopic (exact) mass is 285 g/mol. The van der Waals surface area contributed by atoms with Crippen molar-refractivity contribution in [3.8, 4) is 0 Å². The van der Waals surface area contributed by atoms with Gasteiger partial charge in [0.2, 0.25) is 0 Å². The van der Waals surface area contributed by atoms with Crippen molar-refractivity contribution in [2.75, 3.05) is 26.4 Å². The summed E-state index contributed by atoms with van der Waals surface area (Å²) >= 11 is 0. The third-order valence-corrected chi connectivity index (χ3v) is 3.20. The fraction of sp³-hybridized carbons (Fsp3) is 1.00. The zero-order valence-electron chi connectivity index (χ0n) is 13.2. The van der Waals surface area contributed by atoms with E-state index in [1.54, 1.807) is 0 Å². The van der Waals surface area contributed by atoms with E-state index >= 15 is 0 Å². The van der Waals surface area contributed by atoms with Gasteiger partial charge in [-0.3, -0.25) is 0 Å². The number of ether oxygens (including phenoxy) is 2. The second-order valence-electron chi connectivity index (χ2n) is 5.04. The van der Waals surface area contributed by atoms with Crippen LogP contribution in [0.3, 0.4) is 0 Å². The summed E-state index contributed by atoms with van der Waals surface area (Å²) in [5.41, 5.74) is 8.29. The van der Waals surface area contributed by atoms with Crippen LogP contribution in [0, 0.1) is 0 Å². The lowest BCUT2D eigenvalue weighted by atomic mass is 10.1. The van der Waals surface area contributed by atoms with Gasteiger partial charge >= 0.3 is 0 Å². The maximum atomic E-state index is 8.29. The van der Waals surface area contributed by atoms with Gasteiger partial charge in [0.15, 0.2) is 0 Å². The van der Waals surface area contributed by atoms with Gasteiger partial charge < -0.3 is 9.47 Å². The van der Waals surface area contributed by atoms with E-state index in [9.17, 15) is 0 Å². The highest BCUT2D eigenvalue weighted by atomic mass is 16.5. The minimum absolute atomic E-state index is 0.107. The summed E-state index contributed by atoms with van der Waals surface area (Å²) in [6.45, 7) is 6.43. The molecule has 0 bridgehead atoms. The quantitative estimate of drug-likeness (QED) is 0.187. The molecule has 5 nitrogen and oxygen atoms in total. The topological polar surface area (TPSA) is 67.2 Å². The van der Waals surface area contributed by atoms with Crippen molar-refractivity contribution < 1.29 is 9.47 Å². The number of hydrogen-bond donors (Lipinski definition) is 0. The molecule has 1 atom stereocenters. The van der Waals surface area contributed by atoms with Crippen molar-refractivity contribution in [1.82, 2.24) is 0 Å². The molecule has 0 saturated carbocycles. The smallest absolute Gasteiger partial charge is 0.0864 e. The van der Waals surface area contributed by atoms with Crippen LogP contribution < -0.4 is 0 Å². The van der Waals surface area contributed by atoms with Gasteiger partial charge in [-0.1, -0.05) is 57.0 Å². The summed E-state index contributed by atoms with van der Waals surface area (Å²) in [6, 6.07) is 0. The molecule has 0 spiro atoms. The maximum absolute atomic E-state index is 8.29. The summed E-state index contributed by atoms with van der Waals surface area (Å²) < 4.78 is 11.0. The molecule has 0 aliphatic carbocycles. The van der Waals surface area contributed by atoms with Crippen LogP contribution in [-0.2, 0) is 9.47 Å². The first-order chi connectivity index (χ1) is 9.85. The first-order valence-electron chi connectivity index (χ1n) is 8.05. The molecule has 0 aliphatic heterocycles. The standard InChI is InChI=1S/C15H31N3O2/c1-3-5-6-7-8-9-10-11-12-19-14-15(20-4-2)13-17-18-16/h15H,3-14H2,1-2H3. The van der Waals surface area contributed by atoms with Crippen LogP contribution in [-0.4, -0.2) is 32.5 Å². The van der Waals surface area contributed by atoms with E-state index in [-0.39, 0.29) is 6.10 Å². The number of hydrogen-bond acceptors (Lipinski definition) is 3. The molecule has 0 heterocycles. The number of unbranched alkanes of at least 4 members (excludes halogenated alkanes) is 7. The fourth-order valence-corrected chi connectivity index (χ4v) is 2.07. The van der Waals surface area contributed by atoms with Crippen molar-refractivity contribution in [2.24, 2.45) is 5.11 Å². The van der Waals surface area contributed by atoms with Crippen LogP contribution in [0.25, 0.3) is 10.4 Å². The van der Waals surface area contributed by atoms with Gasteiger partial charge in [-0.25, -0.2) is 0 Å². The average molecular weight is 285 g/mol. The third kappa shape index (κ3) is 13.7. The highest BCUT2D eigenvalue weighted by Crippen LogP contribution is 2.08. The summed E-state index contributed by atoms with van der Waals surface area (Å²) in [5, 5.41) is 3.53. The number of azide groups is 1. The lowest BCUT2D eigenvalue weighted by Gasteiger charge is -2.14. The van der Waals surface area contributed by atoms with Crippen LogP contribution in [0.1, 0.15) is 65.2 Å². The average Bonchev–Trinajstić information content (AvgIpc) is 2.46. The Balaban J connectivity index is 3.33. The minimum atomic E-state index is -0.107. The van der Waals surface area contributed by atoms with Crippen molar-refractivity contribution in [3.05, 3.63) is 10.4 Å². The zero-order valence-corrected chi connectivity index (χ0v) is 13.2. The second-order valence-corrected chi connectivity index (χ2v) is 5.04. The summed E-state index contributed by atoms with van der Waals surface area (Å²) in [5.74, 6) is 0. The van der Waals surface area contributed by atoms with E-state index < -0.39 is 0 Å². The van der Waals surface area contributed by atoms with E-state index in [0.29, 0.717) is 19.8 Å². The molecular formula is C15H31N3O2. The Morgan fingerprint density at radius 1 is 1.00 bits per heavy atom. The molecule has 5 heteroatoms. The molecule has 0 fully saturated rings. The summed E-state index contributed by atoms with van der Waals surface area (Å²) in [7, 11) is 0. The molecule has 0 saturated heterocycles. The Labute approximate surface area is 123 Å². The largest absolute Gasteiger partial charge is 0.379 e. The van der Waals surface area contributed by atoms with Crippen LogP contribution in [0.5, 0.6) is 0 Å². The van der Waals surface area contributed by atoms with Gasteiger partial charge in [-0.05, 0) is 18.9 Å². The summed E-state index contributed by atoms with van der Waals surface area (Å²) in [4.78, 5) is 2.75. The predicted molar refractivity (Wildman–Crippen MR) is 82.9 cm³/mol. The number of rotatable bonds is 15. The van der Waals surface area contributed by atoms with E-state index in [4.69, 9.17) is 15.0 Å². The molecule has 0 aromatic carbocycles. The SMILES string of the molecule is CCCCCCCCCCOCC(CN=[N+]=[N-])OCC. The zero-order chi connectivity index (χ0) is 14.9. The van der Waals surface area contributed by atoms with E-state index in [1.807, 2.05) is 6.92 Å². The Bertz CT molecular complexity index is 243. The molecule has 0 aromatic rings. The molecule has 0 rings (SSSR count). The van der Waals surface area contributed by atoms with Crippen LogP contribution >= 0.6 is 0 Å². The van der Waals surface area contributed by atoms with Gasteiger partial charge in [-0.15, -0.1) is 0 Å². The molecule has 1 unspecified atom stereocenters. The van der Waals surface area contributed by atoms with Crippen LogP contribution in [0.2, 0.25) is 0 Å². The van der Waals surface area contributed by atoms with Gasteiger partial charge in [-0.2, -0.15) is 0 Å². The van der Waals surface area contributed by atoms with Crippen molar-refractivity contribution in [3.63, 3.8) is 0 Å². The van der Waals surface area contributed by atoms with Crippen LogP contribution in [0.15, 0.2) is 5.11 Å². The molecule has 20 heavy (non-hydrogen) atoms. The Morgan fingerprint density at radius 3 is 2.25 bits per heavy atom. The normalized spacial score (nSPS) is 12.1. The second kappa shape index (κ2) is 16.3. The Morgan fingerprint density at radius 2 is 1.65 bits per heavy atom. The molecule has 0 amide bonds. The van der Waals surface area contributed by atoms with Crippen molar-refractivity contribution in [1.29, 1.82) is 0 Å². The van der Waals surface area contributed by atoms with Crippen LogP contribution in [0.4, 0.5) is 0 Å². The minimum Gasteiger partial charge on any atom is -0.379 e. The molecule has 118 valence electrons. The lowest BCUT2D eigenvalue weighted by Crippen LogP contribution is -2.23. The van der Waals surface area contributed by atoms with Crippen molar-refractivity contribution in [2.45, 2.75) is 71.3 Å². The van der Waals surface area contributed by atoms with Crippen molar-refractivity contribution >= 4 is 0 Å². The molecule has 0 radical (unpaired) electrons. The molecular weight excluding hydrogens is 254 g/mol. The van der Waals surface area contributed by atoms with Gasteiger partial charge in [0.25, 0.3) is 0 Å². The fourth-order valence-electron chi connectivity index (χ4n) is 2.07. The van der Waals surface area contributed by atoms with Gasteiger partial charge in [0, 0.05) is 18.1 Å². The Hall–Kier alpha value is -0.770. The van der Waals surface area contributed by atoms with E-state index in [2.05, 4.69) is 16.9 Å².